The highest BCUT2D eigenvalue weighted by molar-refractivity contribution is 7.93. The third-order valence-electron chi connectivity index (χ3n) is 5.26. The minimum Gasteiger partial charge on any atom is -0.443 e. The Balaban J connectivity index is 2.04. The van der Waals surface area contributed by atoms with Gasteiger partial charge in [0.1, 0.15) is 11.2 Å². The SMILES string of the molecule is Cc1ccc(S(=O)(=O)N(C(=O)c2ccc(N(C(=O)OC(C)(C)C)C(=O)OC(C)(C)C)cc2)c2ccccc2)cc1. The van der Waals surface area contributed by atoms with Crippen molar-refractivity contribution in [1.29, 1.82) is 0 Å². The lowest BCUT2D eigenvalue weighted by molar-refractivity contribution is 0.0430. The highest BCUT2D eigenvalue weighted by atomic mass is 32.2. The van der Waals surface area contributed by atoms with E-state index in [9.17, 15) is 22.8 Å². The Morgan fingerprint density at radius 2 is 1.12 bits per heavy atom. The number of carbonyl (C=O) groups is 3. The molecule has 0 spiro atoms. The number of para-hydroxylation sites is 1. The van der Waals surface area contributed by atoms with Crippen LogP contribution in [0, 0.1) is 6.92 Å². The Morgan fingerprint density at radius 3 is 1.57 bits per heavy atom. The first-order valence-electron chi connectivity index (χ1n) is 12.6. The number of rotatable bonds is 5. The van der Waals surface area contributed by atoms with Crippen molar-refractivity contribution < 1.29 is 32.3 Å². The second kappa shape index (κ2) is 11.5. The number of nitrogens with zero attached hydrogens (tertiary/aromatic N) is 2. The van der Waals surface area contributed by atoms with Crippen LogP contribution >= 0.6 is 0 Å². The van der Waals surface area contributed by atoms with Crippen molar-refractivity contribution in [3.05, 3.63) is 90.0 Å². The maximum atomic E-state index is 13.7. The molecule has 0 aliphatic heterocycles. The molecule has 0 atom stereocenters. The number of benzene rings is 3. The Labute approximate surface area is 235 Å². The van der Waals surface area contributed by atoms with Crippen molar-refractivity contribution in [3.8, 4) is 0 Å². The third kappa shape index (κ3) is 7.47. The standard InChI is InChI=1S/C30H34N2O7S/c1-21-13-19-25(20-14-21)40(36,37)32(24-11-9-8-10-12-24)26(33)22-15-17-23(18-16-22)31(27(34)38-29(2,3)4)28(35)39-30(5,6)7/h8-20H,1-7H3. The molecule has 3 amide bonds. The highest BCUT2D eigenvalue weighted by Gasteiger charge is 2.34. The molecule has 0 aromatic heterocycles. The van der Waals surface area contributed by atoms with E-state index in [0.717, 1.165) is 14.8 Å². The van der Waals surface area contributed by atoms with Gasteiger partial charge in [-0.05, 0) is 97.0 Å². The van der Waals surface area contributed by atoms with Crippen LogP contribution in [0.2, 0.25) is 0 Å². The maximum absolute atomic E-state index is 13.7. The molecular formula is C30H34N2O7S. The predicted octanol–water partition coefficient (Wildman–Crippen LogP) is 6.71. The van der Waals surface area contributed by atoms with Gasteiger partial charge in [-0.2, -0.15) is 9.21 Å². The Hall–Kier alpha value is -4.18. The second-order valence-corrected chi connectivity index (χ2v) is 12.9. The van der Waals surface area contributed by atoms with Gasteiger partial charge in [-0.25, -0.2) is 18.0 Å². The minimum absolute atomic E-state index is 0.0108. The fourth-order valence-corrected chi connectivity index (χ4v) is 4.93. The lowest BCUT2D eigenvalue weighted by atomic mass is 10.1. The summed E-state index contributed by atoms with van der Waals surface area (Å²) in [4.78, 5) is 40.3. The van der Waals surface area contributed by atoms with Gasteiger partial charge in [0.15, 0.2) is 0 Å². The predicted molar refractivity (Wildman–Crippen MR) is 153 cm³/mol. The van der Waals surface area contributed by atoms with E-state index in [1.54, 1.807) is 71.9 Å². The second-order valence-electron chi connectivity index (χ2n) is 11.1. The zero-order valence-corrected chi connectivity index (χ0v) is 24.5. The van der Waals surface area contributed by atoms with Crippen LogP contribution in [0.4, 0.5) is 21.0 Å². The van der Waals surface area contributed by atoms with E-state index in [1.165, 1.54) is 48.5 Å². The maximum Gasteiger partial charge on any atom is 0.424 e. The summed E-state index contributed by atoms with van der Waals surface area (Å²) >= 11 is 0. The highest BCUT2D eigenvalue weighted by Crippen LogP contribution is 2.28. The number of sulfonamides is 1. The molecule has 3 rings (SSSR count). The lowest BCUT2D eigenvalue weighted by Gasteiger charge is -2.28. The first-order valence-corrected chi connectivity index (χ1v) is 14.0. The molecule has 0 saturated heterocycles. The van der Waals surface area contributed by atoms with E-state index in [2.05, 4.69) is 0 Å². The van der Waals surface area contributed by atoms with Crippen molar-refractivity contribution in [2.75, 3.05) is 9.21 Å². The van der Waals surface area contributed by atoms with Crippen LogP contribution in [0.25, 0.3) is 0 Å². The average Bonchev–Trinajstić information content (AvgIpc) is 2.83. The van der Waals surface area contributed by atoms with E-state index in [-0.39, 0.29) is 21.8 Å². The molecule has 3 aromatic rings. The van der Waals surface area contributed by atoms with Gasteiger partial charge in [0.2, 0.25) is 0 Å². The molecule has 0 saturated carbocycles. The molecule has 0 fully saturated rings. The molecule has 0 aliphatic carbocycles. The molecule has 0 unspecified atom stereocenters. The van der Waals surface area contributed by atoms with Gasteiger partial charge in [0, 0.05) is 5.56 Å². The number of hydrogen-bond donors (Lipinski definition) is 0. The van der Waals surface area contributed by atoms with Crippen molar-refractivity contribution in [2.45, 2.75) is 64.6 Å². The average molecular weight is 567 g/mol. The molecule has 10 heteroatoms. The summed E-state index contributed by atoms with van der Waals surface area (Å²) in [5, 5.41) is 0. The number of aryl methyl sites for hydroxylation is 1. The van der Waals surface area contributed by atoms with E-state index in [4.69, 9.17) is 9.47 Å². The van der Waals surface area contributed by atoms with Crippen molar-refractivity contribution >= 4 is 39.5 Å². The van der Waals surface area contributed by atoms with Crippen LogP contribution in [-0.4, -0.2) is 37.7 Å². The summed E-state index contributed by atoms with van der Waals surface area (Å²) in [6, 6.07) is 19.6. The lowest BCUT2D eigenvalue weighted by Crippen LogP contribution is -2.43. The smallest absolute Gasteiger partial charge is 0.424 e. The molecule has 0 radical (unpaired) electrons. The fraction of sp³-hybridized carbons (Fsp3) is 0.300. The van der Waals surface area contributed by atoms with E-state index in [0.29, 0.717) is 0 Å². The van der Waals surface area contributed by atoms with Crippen LogP contribution in [0.15, 0.2) is 83.8 Å². The summed E-state index contributed by atoms with van der Waals surface area (Å²) in [7, 11) is -4.29. The number of hydrogen-bond acceptors (Lipinski definition) is 7. The fourth-order valence-electron chi connectivity index (χ4n) is 3.52. The number of ether oxygens (including phenoxy) is 2. The quantitative estimate of drug-likeness (QED) is 0.338. The van der Waals surface area contributed by atoms with Crippen molar-refractivity contribution in [1.82, 2.24) is 0 Å². The minimum atomic E-state index is -4.29. The van der Waals surface area contributed by atoms with Crippen LogP contribution in [0.5, 0.6) is 0 Å². The number of carbonyl (C=O) groups excluding carboxylic acids is 3. The van der Waals surface area contributed by atoms with E-state index in [1.807, 2.05) is 6.92 Å². The Morgan fingerprint density at radius 1 is 0.650 bits per heavy atom. The molecule has 40 heavy (non-hydrogen) atoms. The Kier molecular flexibility index (Phi) is 8.74. The third-order valence-corrected chi connectivity index (χ3v) is 6.98. The largest absolute Gasteiger partial charge is 0.443 e. The van der Waals surface area contributed by atoms with Gasteiger partial charge in [-0.15, -0.1) is 0 Å². The first kappa shape index (κ1) is 30.4. The summed E-state index contributed by atoms with van der Waals surface area (Å²) in [6.07, 6.45) is -1.93. The van der Waals surface area contributed by atoms with Gasteiger partial charge in [0.05, 0.1) is 16.3 Å². The zero-order valence-electron chi connectivity index (χ0n) is 23.7. The topological polar surface area (TPSA) is 110 Å². The number of anilines is 2. The van der Waals surface area contributed by atoms with Crippen LogP contribution in [0.3, 0.4) is 0 Å². The number of imide groups is 1. The van der Waals surface area contributed by atoms with Crippen LogP contribution < -0.4 is 9.21 Å². The molecule has 0 N–H and O–H groups in total. The van der Waals surface area contributed by atoms with Gasteiger partial charge in [-0.1, -0.05) is 35.9 Å². The monoisotopic (exact) mass is 566 g/mol. The molecule has 0 aliphatic rings. The summed E-state index contributed by atoms with van der Waals surface area (Å²) < 4.78 is 38.8. The molecule has 212 valence electrons. The molecule has 0 heterocycles. The van der Waals surface area contributed by atoms with E-state index >= 15 is 0 Å². The van der Waals surface area contributed by atoms with E-state index < -0.39 is 39.3 Å². The first-order chi connectivity index (χ1) is 18.5. The van der Waals surface area contributed by atoms with Crippen molar-refractivity contribution in [2.24, 2.45) is 0 Å². The molecular weight excluding hydrogens is 532 g/mol. The zero-order chi connectivity index (χ0) is 29.9. The van der Waals surface area contributed by atoms with Crippen LogP contribution in [0.1, 0.15) is 57.5 Å². The molecule has 9 nitrogen and oxygen atoms in total. The van der Waals surface area contributed by atoms with Gasteiger partial charge < -0.3 is 9.47 Å². The van der Waals surface area contributed by atoms with Crippen LogP contribution in [-0.2, 0) is 19.5 Å². The van der Waals surface area contributed by atoms with Gasteiger partial charge in [-0.3, -0.25) is 4.79 Å². The van der Waals surface area contributed by atoms with Gasteiger partial charge in [0.25, 0.3) is 15.9 Å². The van der Waals surface area contributed by atoms with Crippen molar-refractivity contribution in [3.63, 3.8) is 0 Å². The summed E-state index contributed by atoms with van der Waals surface area (Å²) in [5.74, 6) is -0.820. The summed E-state index contributed by atoms with van der Waals surface area (Å²) in [5.41, 5.74) is -0.682. The Bertz CT molecular complexity index is 1440. The number of amides is 3. The normalized spacial score (nSPS) is 11.9. The molecule has 0 bridgehead atoms. The summed E-state index contributed by atoms with van der Waals surface area (Å²) in [6.45, 7) is 11.8. The van der Waals surface area contributed by atoms with Gasteiger partial charge >= 0.3 is 12.2 Å². The molecule has 3 aromatic carbocycles.